The minimum atomic E-state index is -1.61. The largest absolute Gasteiger partial charge is 0.393 e. The number of allylic oxidation sites excluding steroid dienone is 2. The number of hydrogen-bond acceptors (Lipinski definition) is 3. The SMILES string of the molecule is CC(C)(O)C(F)C(O)CC[C@H]1CC[C@@]2(C)C3=C(CC[C@]12C)[C@@]1(C)CC[C@H](O)C(C)(C)[C@@H]1CC3. The third-order valence-electron chi connectivity index (χ3n) is 11.7. The van der Waals surface area contributed by atoms with Crippen molar-refractivity contribution in [2.45, 2.75) is 137 Å². The molecule has 0 amide bonds. The van der Waals surface area contributed by atoms with E-state index in [1.54, 1.807) is 11.1 Å². The second-order valence-electron chi connectivity index (χ2n) is 14.0. The molecule has 0 spiro atoms. The van der Waals surface area contributed by atoms with Crippen LogP contribution < -0.4 is 0 Å². The summed E-state index contributed by atoms with van der Waals surface area (Å²) < 4.78 is 14.5. The molecule has 3 N–H and O–H groups in total. The lowest BCUT2D eigenvalue weighted by molar-refractivity contribution is -0.0961. The second kappa shape index (κ2) is 8.03. The van der Waals surface area contributed by atoms with E-state index in [1.165, 1.54) is 33.1 Å². The highest BCUT2D eigenvalue weighted by Gasteiger charge is 2.62. The molecule has 0 saturated heterocycles. The van der Waals surface area contributed by atoms with Crippen molar-refractivity contribution in [3.8, 4) is 0 Å². The van der Waals surface area contributed by atoms with Gasteiger partial charge in [0.25, 0.3) is 0 Å². The average Bonchev–Trinajstić information content (AvgIpc) is 2.99. The van der Waals surface area contributed by atoms with E-state index < -0.39 is 17.9 Å². The Labute approximate surface area is 201 Å². The predicted octanol–water partition coefficient (Wildman–Crippen LogP) is 6.35. The molecule has 0 heterocycles. The van der Waals surface area contributed by atoms with Gasteiger partial charge < -0.3 is 15.3 Å². The summed E-state index contributed by atoms with van der Waals surface area (Å²) in [4.78, 5) is 0. The Morgan fingerprint density at radius 1 is 0.970 bits per heavy atom. The van der Waals surface area contributed by atoms with Gasteiger partial charge in [-0.15, -0.1) is 0 Å². The zero-order valence-electron chi connectivity index (χ0n) is 22.2. The van der Waals surface area contributed by atoms with Gasteiger partial charge in [0.1, 0.15) is 0 Å². The summed E-state index contributed by atoms with van der Waals surface area (Å²) in [5.74, 6) is 1.02. The number of alkyl halides is 1. The minimum absolute atomic E-state index is 0.0368. The van der Waals surface area contributed by atoms with Crippen LogP contribution in [-0.4, -0.2) is 39.3 Å². The van der Waals surface area contributed by atoms with Crippen molar-refractivity contribution >= 4 is 0 Å². The lowest BCUT2D eigenvalue weighted by Gasteiger charge is -2.62. The van der Waals surface area contributed by atoms with E-state index in [4.69, 9.17) is 0 Å². The molecule has 0 aromatic heterocycles. The number of rotatable bonds is 5. The van der Waals surface area contributed by atoms with Crippen LogP contribution in [0.25, 0.3) is 0 Å². The van der Waals surface area contributed by atoms with Crippen molar-refractivity contribution in [1.82, 2.24) is 0 Å². The van der Waals surface area contributed by atoms with Crippen molar-refractivity contribution in [3.63, 3.8) is 0 Å². The van der Waals surface area contributed by atoms with Crippen LogP contribution in [0.1, 0.15) is 113 Å². The Bertz CT molecular complexity index is 797. The highest BCUT2D eigenvalue weighted by molar-refractivity contribution is 5.38. The fourth-order valence-corrected chi connectivity index (χ4v) is 9.25. The van der Waals surface area contributed by atoms with Gasteiger partial charge in [0, 0.05) is 0 Å². The Balaban J connectivity index is 1.58. The smallest absolute Gasteiger partial charge is 0.154 e. The van der Waals surface area contributed by atoms with Crippen LogP contribution >= 0.6 is 0 Å². The Hall–Kier alpha value is -0.450. The summed E-state index contributed by atoms with van der Waals surface area (Å²) in [6.45, 7) is 14.9. The number of aliphatic hydroxyl groups excluding tert-OH is 2. The van der Waals surface area contributed by atoms with E-state index in [-0.39, 0.29) is 27.8 Å². The normalized spacial score (nSPS) is 44.6. The molecule has 2 unspecified atom stereocenters. The summed E-state index contributed by atoms with van der Waals surface area (Å²) in [6.07, 6.45) is 7.27. The van der Waals surface area contributed by atoms with Crippen LogP contribution in [-0.2, 0) is 0 Å². The molecule has 0 radical (unpaired) electrons. The molecule has 0 aromatic carbocycles. The Kier molecular flexibility index (Phi) is 6.24. The highest BCUT2D eigenvalue weighted by atomic mass is 19.1. The molecular weight excluding hydrogens is 415 g/mol. The molecule has 0 aliphatic heterocycles. The molecule has 4 heteroatoms. The zero-order valence-corrected chi connectivity index (χ0v) is 22.2. The van der Waals surface area contributed by atoms with Crippen molar-refractivity contribution in [2.24, 2.45) is 33.5 Å². The van der Waals surface area contributed by atoms with Gasteiger partial charge in [0.15, 0.2) is 6.17 Å². The van der Waals surface area contributed by atoms with Gasteiger partial charge in [0.2, 0.25) is 0 Å². The third-order valence-corrected chi connectivity index (χ3v) is 11.7. The lowest BCUT2D eigenvalue weighted by Crippen LogP contribution is -2.54. The maximum Gasteiger partial charge on any atom is 0.154 e. The summed E-state index contributed by atoms with van der Waals surface area (Å²) in [5, 5.41) is 31.2. The first-order chi connectivity index (χ1) is 15.1. The lowest BCUT2D eigenvalue weighted by atomic mass is 9.43. The number of hydrogen-bond donors (Lipinski definition) is 3. The first kappa shape index (κ1) is 25.6. The first-order valence-corrected chi connectivity index (χ1v) is 13.5. The van der Waals surface area contributed by atoms with E-state index in [1.807, 2.05) is 0 Å². The van der Waals surface area contributed by atoms with Crippen molar-refractivity contribution < 1.29 is 19.7 Å². The second-order valence-corrected chi connectivity index (χ2v) is 14.0. The van der Waals surface area contributed by atoms with Gasteiger partial charge in [-0.05, 0) is 112 Å². The summed E-state index contributed by atoms with van der Waals surface area (Å²) in [7, 11) is 0. The quantitative estimate of drug-likeness (QED) is 0.416. The fourth-order valence-electron chi connectivity index (χ4n) is 9.25. The molecule has 4 rings (SSSR count). The Morgan fingerprint density at radius 3 is 2.27 bits per heavy atom. The fraction of sp³-hybridized carbons (Fsp3) is 0.931. The predicted molar refractivity (Wildman–Crippen MR) is 131 cm³/mol. The molecule has 0 bridgehead atoms. The van der Waals surface area contributed by atoms with Crippen LogP contribution in [0.3, 0.4) is 0 Å². The molecule has 2 fully saturated rings. The number of aliphatic hydroxyl groups is 3. The van der Waals surface area contributed by atoms with Crippen LogP contribution in [0.15, 0.2) is 11.1 Å². The molecule has 0 aromatic rings. The monoisotopic (exact) mass is 464 g/mol. The van der Waals surface area contributed by atoms with Gasteiger partial charge in [0.05, 0.1) is 17.8 Å². The molecular formula is C29H49FO3. The van der Waals surface area contributed by atoms with Crippen LogP contribution in [0.5, 0.6) is 0 Å². The molecule has 190 valence electrons. The van der Waals surface area contributed by atoms with E-state index >= 15 is 0 Å². The van der Waals surface area contributed by atoms with Crippen LogP contribution in [0.4, 0.5) is 4.39 Å². The molecule has 33 heavy (non-hydrogen) atoms. The summed E-state index contributed by atoms with van der Waals surface area (Å²) in [5.41, 5.74) is 2.44. The summed E-state index contributed by atoms with van der Waals surface area (Å²) in [6, 6.07) is 0. The van der Waals surface area contributed by atoms with Crippen molar-refractivity contribution in [3.05, 3.63) is 11.1 Å². The van der Waals surface area contributed by atoms with Crippen molar-refractivity contribution in [1.29, 1.82) is 0 Å². The number of halogens is 1. The topological polar surface area (TPSA) is 60.7 Å². The maximum atomic E-state index is 14.5. The van der Waals surface area contributed by atoms with Gasteiger partial charge in [-0.1, -0.05) is 45.8 Å². The maximum absolute atomic E-state index is 14.5. The molecule has 3 nitrogen and oxygen atoms in total. The van der Waals surface area contributed by atoms with Gasteiger partial charge in [-0.2, -0.15) is 0 Å². The molecule has 4 aliphatic rings. The first-order valence-electron chi connectivity index (χ1n) is 13.5. The van der Waals surface area contributed by atoms with E-state index in [0.717, 1.165) is 38.5 Å². The van der Waals surface area contributed by atoms with Gasteiger partial charge in [-0.3, -0.25) is 0 Å². The highest BCUT2D eigenvalue weighted by Crippen LogP contribution is 2.72. The van der Waals surface area contributed by atoms with Crippen molar-refractivity contribution in [2.75, 3.05) is 0 Å². The third kappa shape index (κ3) is 3.68. The Morgan fingerprint density at radius 2 is 1.64 bits per heavy atom. The standard InChI is InChI=1S/C29H49FO3/c1-25(2)22-11-9-20-19(27(22,5)15-14-23(25)32)13-17-28(6)18(12-16-29(20,28)7)8-10-21(31)24(30)26(3,4)33/h18,21-24,31-33H,8-17H2,1-7H3/t18-,21?,22-,23-,24?,27+,28+,29-/m0/s1. The van der Waals surface area contributed by atoms with Gasteiger partial charge in [-0.25, -0.2) is 4.39 Å². The van der Waals surface area contributed by atoms with Crippen LogP contribution in [0, 0.1) is 33.5 Å². The zero-order chi connectivity index (χ0) is 24.6. The van der Waals surface area contributed by atoms with E-state index in [2.05, 4.69) is 34.6 Å². The number of fused-ring (bicyclic) bond motifs is 4. The molecule has 8 atom stereocenters. The van der Waals surface area contributed by atoms with Crippen LogP contribution in [0.2, 0.25) is 0 Å². The molecule has 4 aliphatic carbocycles. The average molecular weight is 465 g/mol. The van der Waals surface area contributed by atoms with E-state index in [9.17, 15) is 19.7 Å². The minimum Gasteiger partial charge on any atom is -0.393 e. The summed E-state index contributed by atoms with van der Waals surface area (Å²) >= 11 is 0. The molecule has 2 saturated carbocycles. The van der Waals surface area contributed by atoms with Gasteiger partial charge >= 0.3 is 0 Å². The van der Waals surface area contributed by atoms with E-state index in [0.29, 0.717) is 18.3 Å².